The predicted octanol–water partition coefficient (Wildman–Crippen LogP) is 3.79. The molecule has 3 heterocycles. The van der Waals surface area contributed by atoms with Gasteiger partial charge in [-0.05, 0) is 36.5 Å². The molecule has 1 N–H and O–H groups in total. The van der Waals surface area contributed by atoms with Gasteiger partial charge in [0.25, 0.3) is 0 Å². The Hall–Kier alpha value is -1.17. The zero-order valence-electron chi connectivity index (χ0n) is 11.1. The molecule has 3 rings (SSSR count). The molecule has 0 amide bonds. The maximum absolute atomic E-state index is 4.30. The fraction of sp³-hybridized carbons (Fsp3) is 0.357. The van der Waals surface area contributed by atoms with Crippen LogP contribution in [0.3, 0.4) is 0 Å². The first-order chi connectivity index (χ1) is 9.29. The van der Waals surface area contributed by atoms with Crippen LogP contribution in [-0.2, 0) is 7.05 Å². The molecule has 0 aliphatic carbocycles. The Morgan fingerprint density at radius 1 is 1.37 bits per heavy atom. The molecule has 3 aromatic rings. The summed E-state index contributed by atoms with van der Waals surface area (Å²) in [6, 6.07) is 6.86. The Kier molecular flexibility index (Phi) is 3.68. The number of aryl methyl sites for hydroxylation is 1. The Morgan fingerprint density at radius 3 is 2.95 bits per heavy atom. The topological polar surface area (TPSA) is 29.9 Å². The van der Waals surface area contributed by atoms with Crippen LogP contribution in [0.1, 0.15) is 30.0 Å². The average Bonchev–Trinajstić information content (AvgIpc) is 3.06. The third-order valence-electron chi connectivity index (χ3n) is 3.20. The number of hydrogen-bond acceptors (Lipinski definition) is 4. The zero-order valence-corrected chi connectivity index (χ0v) is 12.7. The van der Waals surface area contributed by atoms with Gasteiger partial charge in [-0.15, -0.1) is 22.7 Å². The smallest absolute Gasteiger partial charge is 0.0842 e. The van der Waals surface area contributed by atoms with Gasteiger partial charge in [-0.25, -0.2) is 0 Å². The zero-order chi connectivity index (χ0) is 13.2. The van der Waals surface area contributed by atoms with Gasteiger partial charge in [-0.2, -0.15) is 5.10 Å². The lowest BCUT2D eigenvalue weighted by Crippen LogP contribution is -2.24. The summed E-state index contributed by atoms with van der Waals surface area (Å²) in [4.78, 5) is 1.37. The standard InChI is InChI=1S/C14H17N3S2/c1-3-6-15-14(10-4-7-16-17(10)2)13-9-12-11(19-13)5-8-18-12/h4-5,7-9,14-15H,3,6H2,1-2H3. The number of rotatable bonds is 5. The van der Waals surface area contributed by atoms with Crippen molar-refractivity contribution in [1.29, 1.82) is 0 Å². The highest BCUT2D eigenvalue weighted by molar-refractivity contribution is 7.27. The van der Waals surface area contributed by atoms with Crippen LogP contribution in [0.5, 0.6) is 0 Å². The fourth-order valence-corrected chi connectivity index (χ4v) is 4.44. The van der Waals surface area contributed by atoms with Crippen LogP contribution in [-0.4, -0.2) is 16.3 Å². The fourth-order valence-electron chi connectivity index (χ4n) is 2.23. The van der Waals surface area contributed by atoms with Crippen molar-refractivity contribution in [3.05, 3.63) is 40.3 Å². The number of hydrogen-bond donors (Lipinski definition) is 1. The van der Waals surface area contributed by atoms with Crippen molar-refractivity contribution < 1.29 is 0 Å². The molecule has 3 aromatic heterocycles. The summed E-state index contributed by atoms with van der Waals surface area (Å²) in [6.07, 6.45) is 3.00. The van der Waals surface area contributed by atoms with Gasteiger partial charge >= 0.3 is 0 Å². The Balaban J connectivity index is 1.98. The highest BCUT2D eigenvalue weighted by atomic mass is 32.1. The highest BCUT2D eigenvalue weighted by Gasteiger charge is 2.19. The van der Waals surface area contributed by atoms with Crippen LogP contribution < -0.4 is 5.32 Å². The van der Waals surface area contributed by atoms with E-state index in [0.29, 0.717) is 0 Å². The first kappa shape index (κ1) is 12.8. The van der Waals surface area contributed by atoms with E-state index in [9.17, 15) is 0 Å². The van der Waals surface area contributed by atoms with E-state index in [0.717, 1.165) is 13.0 Å². The van der Waals surface area contributed by atoms with Gasteiger partial charge in [0.05, 0.1) is 11.7 Å². The molecule has 1 unspecified atom stereocenters. The maximum atomic E-state index is 4.30. The van der Waals surface area contributed by atoms with E-state index in [1.165, 1.54) is 20.0 Å². The monoisotopic (exact) mass is 291 g/mol. The molecule has 5 heteroatoms. The summed E-state index contributed by atoms with van der Waals surface area (Å²) in [5.41, 5.74) is 1.22. The number of nitrogens with one attached hydrogen (secondary N) is 1. The number of aromatic nitrogens is 2. The SMILES string of the molecule is CCCNC(c1cc2sccc2s1)c1ccnn1C. The Bertz CT molecular complexity index is 636. The molecular weight excluding hydrogens is 274 g/mol. The van der Waals surface area contributed by atoms with Crippen molar-refractivity contribution in [2.45, 2.75) is 19.4 Å². The second-order valence-electron chi connectivity index (χ2n) is 4.56. The molecule has 0 saturated carbocycles. The van der Waals surface area contributed by atoms with E-state index in [1.807, 2.05) is 40.6 Å². The van der Waals surface area contributed by atoms with Crippen LogP contribution in [0.4, 0.5) is 0 Å². The first-order valence-electron chi connectivity index (χ1n) is 6.48. The van der Waals surface area contributed by atoms with Gasteiger partial charge in [0, 0.05) is 27.5 Å². The van der Waals surface area contributed by atoms with Crippen molar-refractivity contribution in [3.63, 3.8) is 0 Å². The summed E-state index contributed by atoms with van der Waals surface area (Å²) in [6.45, 7) is 3.21. The normalized spacial score (nSPS) is 13.2. The molecule has 0 saturated heterocycles. The highest BCUT2D eigenvalue weighted by Crippen LogP contribution is 2.35. The van der Waals surface area contributed by atoms with Crippen LogP contribution in [0.25, 0.3) is 9.40 Å². The summed E-state index contributed by atoms with van der Waals surface area (Å²) >= 11 is 3.69. The lowest BCUT2D eigenvalue weighted by Gasteiger charge is -2.17. The summed E-state index contributed by atoms with van der Waals surface area (Å²) in [7, 11) is 2.01. The van der Waals surface area contributed by atoms with Crippen molar-refractivity contribution >= 4 is 32.1 Å². The van der Waals surface area contributed by atoms with Gasteiger partial charge in [-0.3, -0.25) is 4.68 Å². The molecule has 0 bridgehead atoms. The molecule has 0 aliphatic rings. The quantitative estimate of drug-likeness (QED) is 0.775. The minimum atomic E-state index is 0.247. The maximum Gasteiger partial charge on any atom is 0.0842 e. The molecule has 0 aliphatic heterocycles. The third-order valence-corrected chi connectivity index (χ3v) is 5.35. The van der Waals surface area contributed by atoms with Crippen LogP contribution in [0.2, 0.25) is 0 Å². The first-order valence-corrected chi connectivity index (χ1v) is 8.17. The summed E-state index contributed by atoms with van der Waals surface area (Å²) in [5.74, 6) is 0. The average molecular weight is 291 g/mol. The molecule has 0 radical (unpaired) electrons. The number of thiophene rings is 2. The largest absolute Gasteiger partial charge is 0.304 e. The van der Waals surface area contributed by atoms with Gasteiger partial charge in [0.15, 0.2) is 0 Å². The Labute approximate surface area is 120 Å². The van der Waals surface area contributed by atoms with Crippen LogP contribution >= 0.6 is 22.7 Å². The van der Waals surface area contributed by atoms with Gasteiger partial charge < -0.3 is 5.32 Å². The van der Waals surface area contributed by atoms with E-state index >= 15 is 0 Å². The molecule has 0 fully saturated rings. The van der Waals surface area contributed by atoms with E-state index in [4.69, 9.17) is 0 Å². The van der Waals surface area contributed by atoms with Crippen molar-refractivity contribution in [1.82, 2.24) is 15.1 Å². The van der Waals surface area contributed by atoms with E-state index in [-0.39, 0.29) is 6.04 Å². The second-order valence-corrected chi connectivity index (χ2v) is 6.63. The minimum Gasteiger partial charge on any atom is -0.304 e. The molecular formula is C14H17N3S2. The lowest BCUT2D eigenvalue weighted by molar-refractivity contribution is 0.560. The van der Waals surface area contributed by atoms with Crippen molar-refractivity contribution in [2.24, 2.45) is 7.05 Å². The molecule has 100 valence electrons. The van der Waals surface area contributed by atoms with Gasteiger partial charge in [0.1, 0.15) is 0 Å². The summed E-state index contributed by atoms with van der Waals surface area (Å²) < 4.78 is 4.72. The van der Waals surface area contributed by atoms with Crippen LogP contribution in [0, 0.1) is 0 Å². The number of nitrogens with zero attached hydrogens (tertiary/aromatic N) is 2. The third kappa shape index (κ3) is 2.45. The minimum absolute atomic E-state index is 0.247. The number of fused-ring (bicyclic) bond motifs is 1. The molecule has 3 nitrogen and oxygen atoms in total. The molecule has 0 spiro atoms. The van der Waals surface area contributed by atoms with Crippen LogP contribution in [0.15, 0.2) is 29.8 Å². The van der Waals surface area contributed by atoms with Gasteiger partial charge in [-0.1, -0.05) is 6.92 Å². The molecule has 1 atom stereocenters. The predicted molar refractivity (Wildman–Crippen MR) is 83.0 cm³/mol. The van der Waals surface area contributed by atoms with Crippen molar-refractivity contribution in [3.8, 4) is 0 Å². The Morgan fingerprint density at radius 2 is 2.26 bits per heavy atom. The summed E-state index contributed by atoms with van der Waals surface area (Å²) in [5, 5.41) is 10.1. The van der Waals surface area contributed by atoms with E-state index < -0.39 is 0 Å². The molecule has 19 heavy (non-hydrogen) atoms. The lowest BCUT2D eigenvalue weighted by atomic mass is 10.1. The van der Waals surface area contributed by atoms with Gasteiger partial charge in [0.2, 0.25) is 0 Å². The van der Waals surface area contributed by atoms with Crippen molar-refractivity contribution in [2.75, 3.05) is 6.54 Å². The van der Waals surface area contributed by atoms with E-state index in [2.05, 4.69) is 40.9 Å². The van der Waals surface area contributed by atoms with E-state index in [1.54, 1.807) is 0 Å². The molecule has 0 aromatic carbocycles. The second kappa shape index (κ2) is 5.45.